The Morgan fingerprint density at radius 2 is 1.64 bits per heavy atom. The Hall–Kier alpha value is -3.53. The maximum atomic E-state index is 5.75. The van der Waals surface area contributed by atoms with E-state index in [1.807, 2.05) is 55.2 Å². The van der Waals surface area contributed by atoms with Gasteiger partial charge in [-0.25, -0.2) is 4.68 Å². The van der Waals surface area contributed by atoms with E-state index in [0.717, 1.165) is 27.9 Å². The van der Waals surface area contributed by atoms with E-state index in [4.69, 9.17) is 4.74 Å². The first-order chi connectivity index (χ1) is 13.7. The maximum Gasteiger partial charge on any atom is 0.119 e. The van der Waals surface area contributed by atoms with E-state index >= 15 is 0 Å². The second-order valence-electron chi connectivity index (χ2n) is 7.27. The Labute approximate surface area is 163 Å². The zero-order valence-corrected chi connectivity index (χ0v) is 15.9. The molecule has 0 atom stereocenters. The average Bonchev–Trinajstić information content (AvgIpc) is 3.34. The summed E-state index contributed by atoms with van der Waals surface area (Å²) in [6.45, 7) is 4.06. The lowest BCUT2D eigenvalue weighted by atomic mass is 10.0. The van der Waals surface area contributed by atoms with E-state index in [2.05, 4.69) is 52.5 Å². The van der Waals surface area contributed by atoms with Gasteiger partial charge in [0.15, 0.2) is 0 Å². The summed E-state index contributed by atoms with van der Waals surface area (Å²) in [7, 11) is 0. The van der Waals surface area contributed by atoms with Crippen LogP contribution < -0.4 is 4.74 Å². The van der Waals surface area contributed by atoms with Gasteiger partial charge in [0, 0.05) is 17.1 Å². The number of nitrogens with zero attached hydrogens (tertiary/aromatic N) is 2. The lowest BCUT2D eigenvalue weighted by molar-refractivity contribution is 0.242. The molecule has 0 fully saturated rings. The van der Waals surface area contributed by atoms with Crippen molar-refractivity contribution in [1.82, 2.24) is 14.8 Å². The fourth-order valence-corrected chi connectivity index (χ4v) is 3.57. The highest BCUT2D eigenvalue weighted by Crippen LogP contribution is 2.28. The van der Waals surface area contributed by atoms with Gasteiger partial charge in [-0.05, 0) is 78.9 Å². The number of rotatable bonds is 4. The van der Waals surface area contributed by atoms with E-state index in [1.54, 1.807) is 0 Å². The van der Waals surface area contributed by atoms with Crippen LogP contribution in [0.4, 0.5) is 0 Å². The standard InChI is InChI=1S/C24H21N3O/c1-16(2)28-22-8-6-21(7-9-22)27-24-14-18(3-4-20(24)15-26-27)17-5-10-23-19(13-17)11-12-25-23/h3-16,25H,1-2H3. The largest absolute Gasteiger partial charge is 0.491 e. The van der Waals surface area contributed by atoms with Crippen molar-refractivity contribution in [2.75, 3.05) is 0 Å². The zero-order chi connectivity index (χ0) is 19.1. The molecule has 5 aromatic rings. The molecule has 0 aliphatic carbocycles. The highest BCUT2D eigenvalue weighted by atomic mass is 16.5. The van der Waals surface area contributed by atoms with Crippen LogP contribution in [0, 0.1) is 0 Å². The summed E-state index contributed by atoms with van der Waals surface area (Å²) in [5, 5.41) is 6.94. The topological polar surface area (TPSA) is 42.8 Å². The molecule has 28 heavy (non-hydrogen) atoms. The molecule has 0 bridgehead atoms. The molecule has 0 radical (unpaired) electrons. The third kappa shape index (κ3) is 2.93. The van der Waals surface area contributed by atoms with Gasteiger partial charge in [0.1, 0.15) is 5.75 Å². The molecule has 4 nitrogen and oxygen atoms in total. The zero-order valence-electron chi connectivity index (χ0n) is 15.9. The number of fused-ring (bicyclic) bond motifs is 2. The van der Waals surface area contributed by atoms with Crippen LogP contribution in [-0.2, 0) is 0 Å². The maximum absolute atomic E-state index is 5.75. The van der Waals surface area contributed by atoms with Crippen LogP contribution >= 0.6 is 0 Å². The van der Waals surface area contributed by atoms with E-state index in [9.17, 15) is 0 Å². The molecule has 1 N–H and O–H groups in total. The number of nitrogens with one attached hydrogen (secondary N) is 1. The quantitative estimate of drug-likeness (QED) is 0.426. The van der Waals surface area contributed by atoms with E-state index in [-0.39, 0.29) is 6.10 Å². The van der Waals surface area contributed by atoms with Crippen molar-refractivity contribution >= 4 is 21.8 Å². The lowest BCUT2D eigenvalue weighted by Crippen LogP contribution is -2.05. The molecular weight excluding hydrogens is 346 g/mol. The summed E-state index contributed by atoms with van der Waals surface area (Å²) in [4.78, 5) is 3.25. The molecule has 0 saturated heterocycles. The van der Waals surface area contributed by atoms with Crippen LogP contribution in [0.25, 0.3) is 38.6 Å². The summed E-state index contributed by atoms with van der Waals surface area (Å²) >= 11 is 0. The molecule has 3 aromatic carbocycles. The second kappa shape index (κ2) is 6.57. The van der Waals surface area contributed by atoms with Crippen molar-refractivity contribution in [2.24, 2.45) is 0 Å². The van der Waals surface area contributed by atoms with Crippen LogP contribution in [-0.4, -0.2) is 20.9 Å². The molecule has 2 aromatic heterocycles. The Balaban J connectivity index is 1.56. The van der Waals surface area contributed by atoms with Gasteiger partial charge < -0.3 is 9.72 Å². The van der Waals surface area contributed by atoms with E-state index in [0.29, 0.717) is 0 Å². The molecule has 0 spiro atoms. The van der Waals surface area contributed by atoms with Crippen molar-refractivity contribution < 1.29 is 4.74 Å². The SMILES string of the molecule is CC(C)Oc1ccc(-n2ncc3ccc(-c4ccc5[nH]ccc5c4)cc32)cc1. The molecule has 5 rings (SSSR count). The molecular formula is C24H21N3O. The Kier molecular flexibility index (Phi) is 3.90. The minimum Gasteiger partial charge on any atom is -0.491 e. The lowest BCUT2D eigenvalue weighted by Gasteiger charge is -2.11. The molecule has 4 heteroatoms. The summed E-state index contributed by atoms with van der Waals surface area (Å²) in [5.74, 6) is 0.871. The predicted molar refractivity (Wildman–Crippen MR) is 114 cm³/mol. The van der Waals surface area contributed by atoms with Crippen molar-refractivity contribution in [3.63, 3.8) is 0 Å². The van der Waals surface area contributed by atoms with Crippen molar-refractivity contribution in [1.29, 1.82) is 0 Å². The molecule has 0 saturated carbocycles. The summed E-state index contributed by atoms with van der Waals surface area (Å²) < 4.78 is 7.73. The summed E-state index contributed by atoms with van der Waals surface area (Å²) in [6, 6.07) is 23.2. The minimum atomic E-state index is 0.163. The average molecular weight is 367 g/mol. The second-order valence-corrected chi connectivity index (χ2v) is 7.27. The van der Waals surface area contributed by atoms with Crippen LogP contribution in [0.5, 0.6) is 5.75 Å². The molecule has 2 heterocycles. The van der Waals surface area contributed by atoms with Crippen LogP contribution in [0.2, 0.25) is 0 Å². The first-order valence-electron chi connectivity index (χ1n) is 9.50. The molecule has 0 unspecified atom stereocenters. The first kappa shape index (κ1) is 16.6. The normalized spacial score (nSPS) is 11.5. The monoisotopic (exact) mass is 367 g/mol. The summed E-state index contributed by atoms with van der Waals surface area (Å²) in [6.07, 6.45) is 4.04. The highest BCUT2D eigenvalue weighted by Gasteiger charge is 2.08. The minimum absolute atomic E-state index is 0.163. The van der Waals surface area contributed by atoms with Crippen molar-refractivity contribution in [3.05, 3.63) is 79.1 Å². The number of aromatic nitrogens is 3. The van der Waals surface area contributed by atoms with Crippen molar-refractivity contribution in [2.45, 2.75) is 20.0 Å². The van der Waals surface area contributed by atoms with E-state index in [1.165, 1.54) is 16.5 Å². The van der Waals surface area contributed by atoms with Gasteiger partial charge in [-0.3, -0.25) is 0 Å². The fraction of sp³-hybridized carbons (Fsp3) is 0.125. The molecule has 0 amide bonds. The Morgan fingerprint density at radius 1 is 0.857 bits per heavy atom. The number of benzene rings is 3. The van der Waals surface area contributed by atoms with Crippen LogP contribution in [0.1, 0.15) is 13.8 Å². The van der Waals surface area contributed by atoms with Gasteiger partial charge in [0.05, 0.1) is 23.5 Å². The van der Waals surface area contributed by atoms with Gasteiger partial charge in [-0.1, -0.05) is 18.2 Å². The number of hydrogen-bond acceptors (Lipinski definition) is 2. The molecule has 0 aliphatic rings. The molecule has 0 aliphatic heterocycles. The first-order valence-corrected chi connectivity index (χ1v) is 9.50. The summed E-state index contributed by atoms with van der Waals surface area (Å²) in [5.41, 5.74) is 5.63. The van der Waals surface area contributed by atoms with Gasteiger partial charge in [0.25, 0.3) is 0 Å². The van der Waals surface area contributed by atoms with Gasteiger partial charge >= 0.3 is 0 Å². The number of hydrogen-bond donors (Lipinski definition) is 1. The van der Waals surface area contributed by atoms with Gasteiger partial charge in [0.2, 0.25) is 0 Å². The number of H-pyrrole nitrogens is 1. The van der Waals surface area contributed by atoms with Crippen molar-refractivity contribution in [3.8, 4) is 22.6 Å². The third-order valence-electron chi connectivity index (χ3n) is 4.91. The number of ether oxygens (including phenoxy) is 1. The predicted octanol–water partition coefficient (Wildman–Crippen LogP) is 5.96. The number of aromatic amines is 1. The van der Waals surface area contributed by atoms with Gasteiger partial charge in [-0.15, -0.1) is 0 Å². The van der Waals surface area contributed by atoms with E-state index < -0.39 is 0 Å². The highest BCUT2D eigenvalue weighted by molar-refractivity contribution is 5.89. The van der Waals surface area contributed by atoms with Gasteiger partial charge in [-0.2, -0.15) is 5.10 Å². The molecule has 138 valence electrons. The van der Waals surface area contributed by atoms with Crippen LogP contribution in [0.15, 0.2) is 79.1 Å². The fourth-order valence-electron chi connectivity index (χ4n) is 3.57. The smallest absolute Gasteiger partial charge is 0.119 e. The third-order valence-corrected chi connectivity index (χ3v) is 4.91. The van der Waals surface area contributed by atoms with Crippen LogP contribution in [0.3, 0.4) is 0 Å². The Bertz CT molecular complexity index is 1260. The Morgan fingerprint density at radius 3 is 2.46 bits per heavy atom.